The molecule has 0 spiro atoms. The highest BCUT2D eigenvalue weighted by Crippen LogP contribution is 2.26. The number of aromatic nitrogens is 2. The first-order valence-corrected chi connectivity index (χ1v) is 6.67. The lowest BCUT2D eigenvalue weighted by Crippen LogP contribution is -2.20. The van der Waals surface area contributed by atoms with Gasteiger partial charge in [-0.05, 0) is 18.1 Å². The molecule has 3 N–H and O–H groups in total. The van der Waals surface area contributed by atoms with Gasteiger partial charge >= 0.3 is 0 Å². The highest BCUT2D eigenvalue weighted by molar-refractivity contribution is 6.02. The third-order valence-corrected chi connectivity index (χ3v) is 3.26. The van der Waals surface area contributed by atoms with Crippen molar-refractivity contribution >= 4 is 17.3 Å². The van der Waals surface area contributed by atoms with E-state index in [4.69, 9.17) is 10.9 Å². The summed E-state index contributed by atoms with van der Waals surface area (Å²) in [5.41, 5.74) is 8.15. The molecule has 2 rings (SSSR count). The molecule has 0 aliphatic carbocycles. The van der Waals surface area contributed by atoms with E-state index in [0.717, 1.165) is 17.2 Å². The van der Waals surface area contributed by atoms with Crippen molar-refractivity contribution < 1.29 is 5.21 Å². The van der Waals surface area contributed by atoms with Crippen molar-refractivity contribution in [1.82, 2.24) is 9.97 Å². The average Bonchev–Trinajstić information content (AvgIpc) is 2.53. The van der Waals surface area contributed by atoms with Crippen molar-refractivity contribution in [2.45, 2.75) is 19.8 Å². The van der Waals surface area contributed by atoms with Crippen LogP contribution >= 0.6 is 0 Å². The lowest BCUT2D eigenvalue weighted by atomic mass is 10.1. The average molecular weight is 285 g/mol. The van der Waals surface area contributed by atoms with Gasteiger partial charge in [-0.3, -0.25) is 0 Å². The van der Waals surface area contributed by atoms with E-state index in [9.17, 15) is 0 Å². The molecule has 1 heterocycles. The number of hydrogen-bond acceptors (Lipinski definition) is 5. The van der Waals surface area contributed by atoms with Gasteiger partial charge in [0, 0.05) is 24.4 Å². The van der Waals surface area contributed by atoms with Crippen LogP contribution in [-0.4, -0.2) is 28.1 Å². The Kier molecular flexibility index (Phi) is 4.37. The Hall–Kier alpha value is -2.63. The number of nitrogens with two attached hydrogens (primary N) is 1. The normalized spacial score (nSPS) is 11.7. The van der Waals surface area contributed by atoms with E-state index in [0.29, 0.717) is 11.5 Å². The summed E-state index contributed by atoms with van der Waals surface area (Å²) in [5, 5.41) is 12.0. The smallest absolute Gasteiger partial charge is 0.172 e. The molecular formula is C15H19N5O. The molecule has 21 heavy (non-hydrogen) atoms. The predicted octanol–water partition coefficient (Wildman–Crippen LogP) is 2.46. The van der Waals surface area contributed by atoms with Crippen LogP contribution < -0.4 is 10.6 Å². The Morgan fingerprint density at radius 3 is 2.67 bits per heavy atom. The molecule has 0 bridgehead atoms. The predicted molar refractivity (Wildman–Crippen MR) is 83.1 cm³/mol. The zero-order chi connectivity index (χ0) is 15.4. The molecule has 0 fully saturated rings. The van der Waals surface area contributed by atoms with E-state index < -0.39 is 0 Å². The first kappa shape index (κ1) is 14.8. The molecular weight excluding hydrogens is 266 g/mol. The number of hydrogen-bond donors (Lipinski definition) is 2. The molecule has 0 saturated heterocycles. The van der Waals surface area contributed by atoms with E-state index in [-0.39, 0.29) is 5.84 Å². The minimum atomic E-state index is 0.0654. The van der Waals surface area contributed by atoms with E-state index in [1.165, 1.54) is 0 Å². The molecule has 0 aliphatic heterocycles. The van der Waals surface area contributed by atoms with Crippen LogP contribution in [0.25, 0.3) is 0 Å². The van der Waals surface area contributed by atoms with Crippen LogP contribution in [0.15, 0.2) is 41.8 Å². The molecule has 0 aliphatic rings. The summed E-state index contributed by atoms with van der Waals surface area (Å²) in [6.45, 7) is 4.16. The molecule has 0 unspecified atom stereocenters. The molecule has 2 aromatic rings. The third kappa shape index (κ3) is 3.10. The first-order valence-electron chi connectivity index (χ1n) is 6.67. The van der Waals surface area contributed by atoms with Crippen LogP contribution in [0.1, 0.15) is 31.0 Å². The van der Waals surface area contributed by atoms with E-state index in [1.54, 1.807) is 12.4 Å². The molecule has 6 nitrogen and oxygen atoms in total. The summed E-state index contributed by atoms with van der Waals surface area (Å²) in [4.78, 5) is 10.4. The Bertz CT molecular complexity index is 654. The van der Waals surface area contributed by atoms with Crippen LogP contribution in [0.3, 0.4) is 0 Å². The Labute approximate surface area is 123 Å². The number of anilines is 2. The van der Waals surface area contributed by atoms with Crippen molar-refractivity contribution in [3.05, 3.63) is 47.9 Å². The van der Waals surface area contributed by atoms with Gasteiger partial charge in [0.05, 0.1) is 5.69 Å². The third-order valence-electron chi connectivity index (χ3n) is 3.26. The molecule has 0 atom stereocenters. The van der Waals surface area contributed by atoms with Gasteiger partial charge in [-0.1, -0.05) is 31.1 Å². The van der Waals surface area contributed by atoms with Gasteiger partial charge in [0.15, 0.2) is 5.84 Å². The largest absolute Gasteiger partial charge is 0.409 e. The quantitative estimate of drug-likeness (QED) is 0.390. The summed E-state index contributed by atoms with van der Waals surface area (Å²) in [7, 11) is 1.88. The van der Waals surface area contributed by atoms with Gasteiger partial charge in [-0.25, -0.2) is 9.97 Å². The monoisotopic (exact) mass is 285 g/mol. The summed E-state index contributed by atoms with van der Waals surface area (Å²) in [6.07, 6.45) is 1.55. The number of oxime groups is 1. The van der Waals surface area contributed by atoms with E-state index in [2.05, 4.69) is 29.0 Å². The maximum atomic E-state index is 8.90. The SMILES string of the molecule is CC(C)c1cc(N(C)c2ccccc2/C(N)=N/O)ncn1. The maximum absolute atomic E-state index is 8.90. The second-order valence-corrected chi connectivity index (χ2v) is 5.02. The maximum Gasteiger partial charge on any atom is 0.172 e. The van der Waals surface area contributed by atoms with Gasteiger partial charge in [-0.2, -0.15) is 0 Å². The molecule has 1 aromatic heterocycles. The zero-order valence-corrected chi connectivity index (χ0v) is 12.4. The molecule has 0 radical (unpaired) electrons. The summed E-state index contributed by atoms with van der Waals surface area (Å²) in [6, 6.07) is 9.36. The number of rotatable bonds is 4. The fourth-order valence-electron chi connectivity index (χ4n) is 2.02. The fourth-order valence-corrected chi connectivity index (χ4v) is 2.02. The summed E-state index contributed by atoms with van der Waals surface area (Å²) < 4.78 is 0. The van der Waals surface area contributed by atoms with Crippen LogP contribution in [0, 0.1) is 0 Å². The second-order valence-electron chi connectivity index (χ2n) is 5.02. The van der Waals surface area contributed by atoms with Crippen molar-refractivity contribution in [2.75, 3.05) is 11.9 Å². The van der Waals surface area contributed by atoms with Crippen molar-refractivity contribution in [2.24, 2.45) is 10.9 Å². The van der Waals surface area contributed by atoms with Crippen LogP contribution in [0.4, 0.5) is 11.5 Å². The lowest BCUT2D eigenvalue weighted by molar-refractivity contribution is 0.318. The van der Waals surface area contributed by atoms with Gasteiger partial charge in [0.1, 0.15) is 12.1 Å². The standard InChI is InChI=1S/C15H19N5O/c1-10(2)12-8-14(18-9-17-12)20(3)13-7-5-4-6-11(13)15(16)19-21/h4-10,21H,1-3H3,(H2,16,19). The Balaban J connectivity index is 2.45. The minimum Gasteiger partial charge on any atom is -0.409 e. The van der Waals surface area contributed by atoms with Gasteiger partial charge in [0.2, 0.25) is 0 Å². The number of nitrogens with zero attached hydrogens (tertiary/aromatic N) is 4. The highest BCUT2D eigenvalue weighted by atomic mass is 16.4. The molecule has 6 heteroatoms. The molecule has 110 valence electrons. The van der Waals surface area contributed by atoms with Crippen LogP contribution in [-0.2, 0) is 0 Å². The summed E-state index contributed by atoms with van der Waals surface area (Å²) >= 11 is 0. The highest BCUT2D eigenvalue weighted by Gasteiger charge is 2.14. The minimum absolute atomic E-state index is 0.0654. The molecule has 1 aromatic carbocycles. The lowest BCUT2D eigenvalue weighted by Gasteiger charge is -2.21. The van der Waals surface area contributed by atoms with Crippen LogP contribution in [0.2, 0.25) is 0 Å². The second kappa shape index (κ2) is 6.21. The van der Waals surface area contributed by atoms with E-state index in [1.807, 2.05) is 36.2 Å². The van der Waals surface area contributed by atoms with Crippen LogP contribution in [0.5, 0.6) is 0 Å². The van der Waals surface area contributed by atoms with Crippen molar-refractivity contribution in [1.29, 1.82) is 0 Å². The summed E-state index contributed by atoms with van der Waals surface area (Å²) in [5.74, 6) is 1.14. The topological polar surface area (TPSA) is 87.6 Å². The van der Waals surface area contributed by atoms with Gasteiger partial charge in [0.25, 0.3) is 0 Å². The zero-order valence-electron chi connectivity index (χ0n) is 12.4. The van der Waals surface area contributed by atoms with E-state index >= 15 is 0 Å². The fraction of sp³-hybridized carbons (Fsp3) is 0.267. The Morgan fingerprint density at radius 1 is 1.29 bits per heavy atom. The van der Waals surface area contributed by atoms with Gasteiger partial charge < -0.3 is 15.8 Å². The Morgan fingerprint density at radius 2 is 2.00 bits per heavy atom. The number of amidine groups is 1. The molecule has 0 amide bonds. The molecule has 0 saturated carbocycles. The van der Waals surface area contributed by atoms with Gasteiger partial charge in [-0.15, -0.1) is 0 Å². The van der Waals surface area contributed by atoms with Crippen molar-refractivity contribution in [3.63, 3.8) is 0 Å². The van der Waals surface area contributed by atoms with Crippen molar-refractivity contribution in [3.8, 4) is 0 Å². The first-order chi connectivity index (χ1) is 10.0. The number of para-hydroxylation sites is 1. The number of benzene rings is 1.